The number of nitrogens with two attached hydrogens (primary N) is 1. The SMILES string of the molecule is NCC#Cc1ccc(OCCc2ccccc2)cc1F. The predicted molar refractivity (Wildman–Crippen MR) is 78.0 cm³/mol. The summed E-state index contributed by atoms with van der Waals surface area (Å²) in [6.45, 7) is 0.728. The van der Waals surface area contributed by atoms with Crippen molar-refractivity contribution >= 4 is 0 Å². The zero-order valence-corrected chi connectivity index (χ0v) is 11.1. The molecular weight excluding hydrogens is 253 g/mol. The molecule has 2 aromatic rings. The van der Waals surface area contributed by atoms with Gasteiger partial charge < -0.3 is 10.5 Å². The Morgan fingerprint density at radius 1 is 1.10 bits per heavy atom. The Labute approximate surface area is 118 Å². The van der Waals surface area contributed by atoms with Gasteiger partial charge in [-0.1, -0.05) is 42.2 Å². The zero-order chi connectivity index (χ0) is 14.2. The first-order valence-electron chi connectivity index (χ1n) is 6.45. The van der Waals surface area contributed by atoms with Crippen LogP contribution in [0.5, 0.6) is 5.75 Å². The molecule has 0 spiro atoms. The van der Waals surface area contributed by atoms with Crippen molar-refractivity contribution in [3.63, 3.8) is 0 Å². The smallest absolute Gasteiger partial charge is 0.142 e. The van der Waals surface area contributed by atoms with E-state index in [-0.39, 0.29) is 12.4 Å². The van der Waals surface area contributed by atoms with E-state index >= 15 is 0 Å². The molecule has 102 valence electrons. The molecule has 0 bridgehead atoms. The van der Waals surface area contributed by atoms with Gasteiger partial charge in [0.05, 0.1) is 18.7 Å². The van der Waals surface area contributed by atoms with Crippen LogP contribution in [0.3, 0.4) is 0 Å². The summed E-state index contributed by atoms with van der Waals surface area (Å²) < 4.78 is 19.2. The number of benzene rings is 2. The average Bonchev–Trinajstić information content (AvgIpc) is 2.47. The highest BCUT2D eigenvalue weighted by atomic mass is 19.1. The highest BCUT2D eigenvalue weighted by Gasteiger charge is 2.02. The molecule has 0 aromatic heterocycles. The molecule has 0 heterocycles. The number of ether oxygens (including phenoxy) is 1. The van der Waals surface area contributed by atoms with Crippen molar-refractivity contribution in [3.8, 4) is 17.6 Å². The van der Waals surface area contributed by atoms with Crippen LogP contribution in [0.2, 0.25) is 0 Å². The van der Waals surface area contributed by atoms with E-state index in [4.69, 9.17) is 10.5 Å². The minimum absolute atomic E-state index is 0.217. The van der Waals surface area contributed by atoms with Crippen LogP contribution in [0.15, 0.2) is 48.5 Å². The zero-order valence-electron chi connectivity index (χ0n) is 11.1. The second-order valence-corrected chi connectivity index (χ2v) is 4.23. The molecule has 0 fully saturated rings. The van der Waals surface area contributed by atoms with E-state index in [1.54, 1.807) is 12.1 Å². The normalized spacial score (nSPS) is 9.70. The maximum Gasteiger partial charge on any atom is 0.142 e. The van der Waals surface area contributed by atoms with E-state index in [0.717, 1.165) is 6.42 Å². The molecule has 0 atom stereocenters. The molecule has 0 amide bonds. The summed E-state index contributed by atoms with van der Waals surface area (Å²) in [6.07, 6.45) is 0.789. The van der Waals surface area contributed by atoms with Gasteiger partial charge in [0.25, 0.3) is 0 Å². The first-order chi connectivity index (χ1) is 9.79. The minimum atomic E-state index is -0.386. The molecule has 0 radical (unpaired) electrons. The summed E-state index contributed by atoms with van der Waals surface area (Å²) in [5.41, 5.74) is 6.79. The topological polar surface area (TPSA) is 35.2 Å². The molecule has 2 N–H and O–H groups in total. The lowest BCUT2D eigenvalue weighted by molar-refractivity contribution is 0.320. The monoisotopic (exact) mass is 269 g/mol. The van der Waals surface area contributed by atoms with Gasteiger partial charge in [0.2, 0.25) is 0 Å². The van der Waals surface area contributed by atoms with E-state index in [2.05, 4.69) is 11.8 Å². The third kappa shape index (κ3) is 4.11. The highest BCUT2D eigenvalue weighted by Crippen LogP contribution is 2.16. The Morgan fingerprint density at radius 3 is 2.60 bits per heavy atom. The summed E-state index contributed by atoms with van der Waals surface area (Å²) in [5, 5.41) is 0. The van der Waals surface area contributed by atoms with Crippen LogP contribution in [0, 0.1) is 17.7 Å². The standard InChI is InChI=1S/C17H16FNO/c18-17-13-16(9-8-15(17)7-4-11-19)20-12-10-14-5-2-1-3-6-14/h1-3,5-6,8-9,13H,10-12,19H2. The van der Waals surface area contributed by atoms with Crippen LogP contribution in [-0.4, -0.2) is 13.2 Å². The number of hydrogen-bond donors (Lipinski definition) is 1. The van der Waals surface area contributed by atoms with Gasteiger partial charge in [-0.3, -0.25) is 0 Å². The van der Waals surface area contributed by atoms with Crippen molar-refractivity contribution in [2.24, 2.45) is 5.73 Å². The quantitative estimate of drug-likeness (QED) is 0.866. The maximum atomic E-state index is 13.7. The van der Waals surface area contributed by atoms with E-state index in [0.29, 0.717) is 17.9 Å². The molecule has 2 aromatic carbocycles. The van der Waals surface area contributed by atoms with Crippen molar-refractivity contribution in [3.05, 3.63) is 65.5 Å². The number of rotatable bonds is 4. The van der Waals surface area contributed by atoms with Gasteiger partial charge in [-0.2, -0.15) is 0 Å². The molecular formula is C17H16FNO. The van der Waals surface area contributed by atoms with Crippen molar-refractivity contribution in [1.29, 1.82) is 0 Å². The largest absolute Gasteiger partial charge is 0.493 e. The number of halogens is 1. The van der Waals surface area contributed by atoms with Gasteiger partial charge in [0, 0.05) is 12.5 Å². The Morgan fingerprint density at radius 2 is 1.90 bits per heavy atom. The van der Waals surface area contributed by atoms with Crippen LogP contribution < -0.4 is 10.5 Å². The molecule has 0 saturated heterocycles. The highest BCUT2D eigenvalue weighted by molar-refractivity contribution is 5.39. The second kappa shape index (κ2) is 7.32. The molecule has 0 unspecified atom stereocenters. The van der Waals surface area contributed by atoms with Crippen LogP contribution in [0.4, 0.5) is 4.39 Å². The van der Waals surface area contributed by atoms with Gasteiger partial charge >= 0.3 is 0 Å². The molecule has 2 rings (SSSR count). The lowest BCUT2D eigenvalue weighted by Gasteiger charge is -2.07. The first kappa shape index (κ1) is 14.1. The molecule has 0 aliphatic carbocycles. The first-order valence-corrected chi connectivity index (χ1v) is 6.45. The summed E-state index contributed by atoms with van der Waals surface area (Å²) in [6, 6.07) is 14.7. The molecule has 0 saturated carbocycles. The van der Waals surface area contributed by atoms with Crippen LogP contribution in [0.1, 0.15) is 11.1 Å². The summed E-state index contributed by atoms with van der Waals surface area (Å²) in [7, 11) is 0. The van der Waals surface area contributed by atoms with Gasteiger partial charge in [-0.15, -0.1) is 0 Å². The lowest BCUT2D eigenvalue weighted by Crippen LogP contribution is -2.01. The molecule has 20 heavy (non-hydrogen) atoms. The molecule has 2 nitrogen and oxygen atoms in total. The van der Waals surface area contributed by atoms with Crippen LogP contribution in [0.25, 0.3) is 0 Å². The molecule has 0 aliphatic heterocycles. The average molecular weight is 269 g/mol. The Balaban J connectivity index is 1.92. The van der Waals surface area contributed by atoms with Crippen molar-refractivity contribution in [1.82, 2.24) is 0 Å². The van der Waals surface area contributed by atoms with E-state index in [1.165, 1.54) is 11.6 Å². The van der Waals surface area contributed by atoms with Gasteiger partial charge in [0.15, 0.2) is 0 Å². The summed E-state index contributed by atoms with van der Waals surface area (Å²) >= 11 is 0. The van der Waals surface area contributed by atoms with Crippen LogP contribution >= 0.6 is 0 Å². The molecule has 0 aliphatic rings. The third-order valence-corrected chi connectivity index (χ3v) is 2.77. The predicted octanol–water partition coefficient (Wildman–Crippen LogP) is 2.76. The van der Waals surface area contributed by atoms with Crippen molar-refractivity contribution < 1.29 is 9.13 Å². The fraction of sp³-hybridized carbons (Fsp3) is 0.176. The van der Waals surface area contributed by atoms with E-state index in [9.17, 15) is 4.39 Å². The Bertz CT molecular complexity index is 614. The van der Waals surface area contributed by atoms with E-state index in [1.807, 2.05) is 30.3 Å². The van der Waals surface area contributed by atoms with Crippen LogP contribution in [-0.2, 0) is 6.42 Å². The van der Waals surface area contributed by atoms with Gasteiger partial charge in [-0.05, 0) is 17.7 Å². The van der Waals surface area contributed by atoms with E-state index < -0.39 is 0 Å². The molecule has 3 heteroatoms. The fourth-order valence-corrected chi connectivity index (χ4v) is 1.76. The minimum Gasteiger partial charge on any atom is -0.493 e. The maximum absolute atomic E-state index is 13.7. The second-order valence-electron chi connectivity index (χ2n) is 4.23. The summed E-state index contributed by atoms with van der Waals surface area (Å²) in [5.74, 6) is 5.43. The Hall–Kier alpha value is -2.31. The Kier molecular flexibility index (Phi) is 5.16. The fourth-order valence-electron chi connectivity index (χ4n) is 1.76. The van der Waals surface area contributed by atoms with Crippen molar-refractivity contribution in [2.75, 3.05) is 13.2 Å². The van der Waals surface area contributed by atoms with Crippen molar-refractivity contribution in [2.45, 2.75) is 6.42 Å². The lowest BCUT2D eigenvalue weighted by atomic mass is 10.2. The number of hydrogen-bond acceptors (Lipinski definition) is 2. The third-order valence-electron chi connectivity index (χ3n) is 2.77. The summed E-state index contributed by atoms with van der Waals surface area (Å²) in [4.78, 5) is 0. The van der Waals surface area contributed by atoms with Gasteiger partial charge in [0.1, 0.15) is 11.6 Å². The van der Waals surface area contributed by atoms with Gasteiger partial charge in [-0.25, -0.2) is 4.39 Å².